The first-order chi connectivity index (χ1) is 12.9. The van der Waals surface area contributed by atoms with E-state index in [4.69, 9.17) is 5.73 Å². The van der Waals surface area contributed by atoms with Crippen molar-refractivity contribution in [3.63, 3.8) is 0 Å². The standard InChI is InChI=1S/C20H25N3O3S.ClH/c21-19(16-4-2-1-3-5-16)14-22-20(24)13-8-15-6-11-18(12-7-15)27(25,26)23-17-9-10-17;/h1-7,11-12,17,19,23H,8-10,13-14,21H2,(H,22,24);1H. The molecular weight excluding hydrogens is 398 g/mol. The van der Waals surface area contributed by atoms with Crippen molar-refractivity contribution in [1.29, 1.82) is 0 Å². The van der Waals surface area contributed by atoms with E-state index in [0.717, 1.165) is 24.0 Å². The molecule has 4 N–H and O–H groups in total. The highest BCUT2D eigenvalue weighted by Crippen LogP contribution is 2.22. The smallest absolute Gasteiger partial charge is 0.240 e. The molecule has 1 unspecified atom stereocenters. The maximum absolute atomic E-state index is 12.1. The molecule has 152 valence electrons. The summed E-state index contributed by atoms with van der Waals surface area (Å²) >= 11 is 0. The van der Waals surface area contributed by atoms with E-state index in [0.29, 0.717) is 19.4 Å². The van der Waals surface area contributed by atoms with Crippen LogP contribution >= 0.6 is 12.4 Å². The number of rotatable bonds is 9. The second kappa shape index (κ2) is 10.0. The van der Waals surface area contributed by atoms with Crippen molar-refractivity contribution in [2.24, 2.45) is 5.73 Å². The number of nitrogens with two attached hydrogens (primary N) is 1. The largest absolute Gasteiger partial charge is 0.354 e. The topological polar surface area (TPSA) is 101 Å². The van der Waals surface area contributed by atoms with Gasteiger partial charge < -0.3 is 11.1 Å². The van der Waals surface area contributed by atoms with Crippen molar-refractivity contribution in [2.75, 3.05) is 6.54 Å². The van der Waals surface area contributed by atoms with E-state index in [2.05, 4.69) is 10.0 Å². The molecule has 1 fully saturated rings. The Morgan fingerprint density at radius 2 is 1.71 bits per heavy atom. The summed E-state index contributed by atoms with van der Waals surface area (Å²) in [7, 11) is -3.43. The summed E-state index contributed by atoms with van der Waals surface area (Å²) < 4.78 is 26.9. The molecule has 0 saturated heterocycles. The van der Waals surface area contributed by atoms with Crippen molar-refractivity contribution in [3.05, 3.63) is 65.7 Å². The van der Waals surface area contributed by atoms with Gasteiger partial charge in [0.15, 0.2) is 0 Å². The van der Waals surface area contributed by atoms with Gasteiger partial charge in [0.05, 0.1) is 4.90 Å². The van der Waals surface area contributed by atoms with E-state index in [1.165, 1.54) is 0 Å². The molecule has 0 aromatic heterocycles. The fourth-order valence-corrected chi connectivity index (χ4v) is 4.02. The Labute approximate surface area is 172 Å². The molecule has 1 saturated carbocycles. The van der Waals surface area contributed by atoms with Crippen LogP contribution in [0.2, 0.25) is 0 Å². The van der Waals surface area contributed by atoms with Crippen LogP contribution in [-0.4, -0.2) is 26.9 Å². The van der Waals surface area contributed by atoms with Crippen LogP contribution in [0, 0.1) is 0 Å². The molecule has 0 bridgehead atoms. The van der Waals surface area contributed by atoms with Gasteiger partial charge in [0, 0.05) is 25.0 Å². The summed E-state index contributed by atoms with van der Waals surface area (Å²) in [5.74, 6) is -0.0755. The lowest BCUT2D eigenvalue weighted by Gasteiger charge is -2.13. The SMILES string of the molecule is Cl.NC(CNC(=O)CCc1ccc(S(=O)(=O)NC2CC2)cc1)c1ccccc1. The minimum atomic E-state index is -3.43. The van der Waals surface area contributed by atoms with Gasteiger partial charge in [0.1, 0.15) is 0 Å². The third-order valence-electron chi connectivity index (χ3n) is 4.52. The molecule has 3 rings (SSSR count). The van der Waals surface area contributed by atoms with Gasteiger partial charge in [0.25, 0.3) is 0 Å². The zero-order valence-corrected chi connectivity index (χ0v) is 17.1. The van der Waals surface area contributed by atoms with Gasteiger partial charge in [-0.3, -0.25) is 4.79 Å². The second-order valence-electron chi connectivity index (χ2n) is 6.86. The number of hydrogen-bond acceptors (Lipinski definition) is 4. The number of aryl methyl sites for hydroxylation is 1. The maximum Gasteiger partial charge on any atom is 0.240 e. The fraction of sp³-hybridized carbons (Fsp3) is 0.350. The molecule has 1 atom stereocenters. The molecule has 0 heterocycles. The van der Waals surface area contributed by atoms with Crippen LogP contribution in [0.3, 0.4) is 0 Å². The summed E-state index contributed by atoms with van der Waals surface area (Å²) in [4.78, 5) is 12.3. The summed E-state index contributed by atoms with van der Waals surface area (Å²) in [5, 5.41) is 2.85. The van der Waals surface area contributed by atoms with Crippen molar-refractivity contribution < 1.29 is 13.2 Å². The number of benzene rings is 2. The number of nitrogens with one attached hydrogen (secondary N) is 2. The predicted octanol–water partition coefficient (Wildman–Crippen LogP) is 2.30. The molecule has 0 spiro atoms. The molecule has 2 aromatic carbocycles. The van der Waals surface area contributed by atoms with E-state index in [9.17, 15) is 13.2 Å². The van der Waals surface area contributed by atoms with Crippen LogP contribution in [0.1, 0.15) is 36.4 Å². The third kappa shape index (κ3) is 6.60. The first kappa shape index (κ1) is 22.4. The molecule has 1 aliphatic carbocycles. The first-order valence-electron chi connectivity index (χ1n) is 9.12. The normalized spacial score (nSPS) is 14.8. The van der Waals surface area contributed by atoms with E-state index in [-0.39, 0.29) is 35.3 Å². The van der Waals surface area contributed by atoms with Crippen LogP contribution in [0.5, 0.6) is 0 Å². The number of carbonyl (C=O) groups is 1. The van der Waals surface area contributed by atoms with Crippen LogP contribution in [0.25, 0.3) is 0 Å². The van der Waals surface area contributed by atoms with E-state index < -0.39 is 10.0 Å². The molecule has 0 radical (unpaired) electrons. The number of carbonyl (C=O) groups excluding carboxylic acids is 1. The fourth-order valence-electron chi connectivity index (χ4n) is 2.71. The Kier molecular flexibility index (Phi) is 8.00. The zero-order valence-electron chi connectivity index (χ0n) is 15.5. The lowest BCUT2D eigenvalue weighted by molar-refractivity contribution is -0.121. The minimum Gasteiger partial charge on any atom is -0.354 e. The van der Waals surface area contributed by atoms with Gasteiger partial charge in [-0.1, -0.05) is 42.5 Å². The van der Waals surface area contributed by atoms with E-state index in [1.54, 1.807) is 24.3 Å². The highest BCUT2D eigenvalue weighted by Gasteiger charge is 2.27. The lowest BCUT2D eigenvalue weighted by Crippen LogP contribution is -2.32. The molecule has 2 aromatic rings. The summed E-state index contributed by atoms with van der Waals surface area (Å²) in [6, 6.07) is 16.2. The van der Waals surface area contributed by atoms with Crippen LogP contribution in [-0.2, 0) is 21.2 Å². The van der Waals surface area contributed by atoms with Crippen molar-refractivity contribution in [1.82, 2.24) is 10.0 Å². The average molecular weight is 424 g/mol. The third-order valence-corrected chi connectivity index (χ3v) is 6.06. The molecule has 0 aliphatic heterocycles. The number of hydrogen-bond donors (Lipinski definition) is 3. The Morgan fingerprint density at radius 1 is 1.07 bits per heavy atom. The summed E-state index contributed by atoms with van der Waals surface area (Å²) in [6.07, 6.45) is 2.68. The van der Waals surface area contributed by atoms with Crippen molar-refractivity contribution >= 4 is 28.3 Å². The number of amides is 1. The average Bonchev–Trinajstić information content (AvgIpc) is 3.48. The Morgan fingerprint density at radius 3 is 2.32 bits per heavy atom. The Bertz CT molecular complexity index is 869. The van der Waals surface area contributed by atoms with Gasteiger partial charge >= 0.3 is 0 Å². The van der Waals surface area contributed by atoms with Gasteiger partial charge in [-0.2, -0.15) is 0 Å². The van der Waals surface area contributed by atoms with Crippen LogP contribution in [0.4, 0.5) is 0 Å². The second-order valence-corrected chi connectivity index (χ2v) is 8.57. The van der Waals surface area contributed by atoms with E-state index in [1.807, 2.05) is 30.3 Å². The first-order valence-corrected chi connectivity index (χ1v) is 10.6. The highest BCUT2D eigenvalue weighted by molar-refractivity contribution is 7.89. The molecule has 1 amide bonds. The van der Waals surface area contributed by atoms with E-state index >= 15 is 0 Å². The van der Waals surface area contributed by atoms with Crippen molar-refractivity contribution in [2.45, 2.75) is 42.7 Å². The highest BCUT2D eigenvalue weighted by atomic mass is 35.5. The van der Waals surface area contributed by atoms with Crippen LogP contribution < -0.4 is 15.8 Å². The molecule has 28 heavy (non-hydrogen) atoms. The number of halogens is 1. The monoisotopic (exact) mass is 423 g/mol. The summed E-state index contributed by atoms with van der Waals surface area (Å²) in [5.41, 5.74) is 7.97. The quantitative estimate of drug-likeness (QED) is 0.576. The maximum atomic E-state index is 12.1. The molecule has 1 aliphatic rings. The van der Waals surface area contributed by atoms with Crippen LogP contribution in [0.15, 0.2) is 59.5 Å². The predicted molar refractivity (Wildman–Crippen MR) is 112 cm³/mol. The zero-order chi connectivity index (χ0) is 19.3. The molecule has 8 heteroatoms. The Hall–Kier alpha value is -1.93. The minimum absolute atomic E-state index is 0. The Balaban J connectivity index is 0.00000280. The van der Waals surface area contributed by atoms with Gasteiger partial charge in [0.2, 0.25) is 15.9 Å². The van der Waals surface area contributed by atoms with Crippen molar-refractivity contribution in [3.8, 4) is 0 Å². The number of sulfonamides is 1. The van der Waals surface area contributed by atoms with Gasteiger partial charge in [-0.25, -0.2) is 13.1 Å². The lowest BCUT2D eigenvalue weighted by atomic mass is 10.1. The molecule has 6 nitrogen and oxygen atoms in total. The summed E-state index contributed by atoms with van der Waals surface area (Å²) in [6.45, 7) is 0.382. The van der Waals surface area contributed by atoms with Gasteiger partial charge in [-0.15, -0.1) is 12.4 Å². The molecular formula is C20H26ClN3O3S. The van der Waals surface area contributed by atoms with Gasteiger partial charge in [-0.05, 0) is 42.5 Å².